The number of hydrogen-bond donors (Lipinski definition) is 0. The van der Waals surface area contributed by atoms with Crippen LogP contribution in [0.5, 0.6) is 0 Å². The van der Waals surface area contributed by atoms with E-state index in [0.717, 1.165) is 13.3 Å². The molecule has 0 aliphatic heterocycles. The first kappa shape index (κ1) is 24.5. The molecule has 0 saturated heterocycles. The molecule has 2 unspecified atom stereocenters. The fourth-order valence-corrected chi connectivity index (χ4v) is 2.46. The molecule has 0 radical (unpaired) electrons. The van der Waals surface area contributed by atoms with Crippen LogP contribution in [0.3, 0.4) is 0 Å². The van der Waals surface area contributed by atoms with Crippen LogP contribution < -0.4 is 0 Å². The van der Waals surface area contributed by atoms with Crippen LogP contribution in [0, 0.1) is 0 Å². The molecule has 2 atom stereocenters. The highest BCUT2D eigenvalue weighted by Crippen LogP contribution is 2.38. The van der Waals surface area contributed by atoms with Crippen molar-refractivity contribution in [1.82, 2.24) is 0 Å². The number of carbonyl (C=O) groups is 2. The summed E-state index contributed by atoms with van der Waals surface area (Å²) in [5.74, 6) is -6.99. The lowest BCUT2D eigenvalue weighted by atomic mass is 9.98. The standard InChI is InChI=1S/C14H19F5O8S/c1-2-24-10(20)13(14(17,18)19,25-8-12(15,16)28(22)23)27-11(21)26-9-6-4-3-5-7-9/h9H,2-8H2,1H3,(H,22,23)/p-1. The average molecular weight is 441 g/mol. The van der Waals surface area contributed by atoms with Crippen LogP contribution in [-0.4, -0.2) is 57.4 Å². The van der Waals surface area contributed by atoms with Crippen molar-refractivity contribution in [2.75, 3.05) is 13.2 Å². The second-order valence-corrected chi connectivity index (χ2v) is 6.79. The van der Waals surface area contributed by atoms with E-state index in [-0.39, 0.29) is 0 Å². The molecule has 1 rings (SSSR count). The van der Waals surface area contributed by atoms with E-state index in [1.165, 1.54) is 0 Å². The molecule has 28 heavy (non-hydrogen) atoms. The molecule has 0 spiro atoms. The summed E-state index contributed by atoms with van der Waals surface area (Å²) < 4.78 is 104. The maximum atomic E-state index is 13.5. The van der Waals surface area contributed by atoms with Crippen molar-refractivity contribution in [3.05, 3.63) is 0 Å². The van der Waals surface area contributed by atoms with Gasteiger partial charge in [-0.1, -0.05) is 6.42 Å². The van der Waals surface area contributed by atoms with Gasteiger partial charge in [0.05, 0.1) is 6.61 Å². The third kappa shape index (κ3) is 6.24. The molecular formula is C14H18F5O8S-. The Balaban J connectivity index is 3.10. The number of esters is 1. The van der Waals surface area contributed by atoms with Crippen LogP contribution in [0.15, 0.2) is 0 Å². The van der Waals surface area contributed by atoms with Crippen molar-refractivity contribution in [2.24, 2.45) is 0 Å². The summed E-state index contributed by atoms with van der Waals surface area (Å²) in [7, 11) is 0. The summed E-state index contributed by atoms with van der Waals surface area (Å²) in [4.78, 5) is 23.6. The number of alkyl halides is 5. The zero-order chi connectivity index (χ0) is 21.6. The van der Waals surface area contributed by atoms with Gasteiger partial charge in [-0.2, -0.15) is 22.0 Å². The fraction of sp³-hybridized carbons (Fsp3) is 0.857. The first-order chi connectivity index (χ1) is 12.9. The maximum Gasteiger partial charge on any atom is 0.511 e. The third-order valence-electron chi connectivity index (χ3n) is 3.65. The molecule has 14 heteroatoms. The van der Waals surface area contributed by atoms with Crippen molar-refractivity contribution >= 4 is 23.2 Å². The monoisotopic (exact) mass is 441 g/mol. The average Bonchev–Trinajstić information content (AvgIpc) is 2.58. The lowest BCUT2D eigenvalue weighted by Crippen LogP contribution is -2.59. The van der Waals surface area contributed by atoms with Crippen LogP contribution in [0.2, 0.25) is 0 Å². The van der Waals surface area contributed by atoms with Crippen LogP contribution in [0.25, 0.3) is 0 Å². The molecule has 0 aromatic rings. The first-order valence-corrected chi connectivity index (χ1v) is 9.18. The number of rotatable bonds is 8. The molecule has 0 aromatic carbocycles. The highest BCUT2D eigenvalue weighted by atomic mass is 32.2. The van der Waals surface area contributed by atoms with Gasteiger partial charge in [-0.05, 0) is 32.6 Å². The molecule has 0 aromatic heterocycles. The zero-order valence-electron chi connectivity index (χ0n) is 14.6. The predicted octanol–water partition coefficient (Wildman–Crippen LogP) is 2.78. The SMILES string of the molecule is CCOC(=O)C(OCC(F)(F)S(=O)[O-])(OC(=O)OC1CCCCC1)C(F)(F)F. The molecule has 8 nitrogen and oxygen atoms in total. The Morgan fingerprint density at radius 1 is 1.11 bits per heavy atom. The van der Waals surface area contributed by atoms with Gasteiger partial charge in [0.1, 0.15) is 12.7 Å². The minimum Gasteiger partial charge on any atom is -0.768 e. The van der Waals surface area contributed by atoms with Crippen molar-refractivity contribution in [3.63, 3.8) is 0 Å². The van der Waals surface area contributed by atoms with Gasteiger partial charge in [0.25, 0.3) is 0 Å². The Labute approximate surface area is 158 Å². The molecule has 1 aliphatic carbocycles. The van der Waals surface area contributed by atoms with E-state index in [9.17, 15) is 40.3 Å². The van der Waals surface area contributed by atoms with Crippen molar-refractivity contribution in [3.8, 4) is 0 Å². The predicted molar refractivity (Wildman–Crippen MR) is 79.7 cm³/mol. The van der Waals surface area contributed by atoms with Crippen LogP contribution in [0.4, 0.5) is 26.7 Å². The summed E-state index contributed by atoms with van der Waals surface area (Å²) in [6, 6.07) is 0. The number of halogens is 5. The van der Waals surface area contributed by atoms with Crippen LogP contribution in [0.1, 0.15) is 39.0 Å². The molecule has 0 amide bonds. The van der Waals surface area contributed by atoms with Gasteiger partial charge < -0.3 is 23.5 Å². The Kier molecular flexibility index (Phi) is 8.56. The normalized spacial score (nSPS) is 19.4. The van der Waals surface area contributed by atoms with Crippen LogP contribution >= 0.6 is 0 Å². The zero-order valence-corrected chi connectivity index (χ0v) is 15.4. The largest absolute Gasteiger partial charge is 0.768 e. The molecule has 0 bridgehead atoms. The maximum absolute atomic E-state index is 13.5. The van der Waals surface area contributed by atoms with E-state index in [1.807, 2.05) is 0 Å². The molecule has 1 saturated carbocycles. The number of carbonyl (C=O) groups excluding carboxylic acids is 2. The van der Waals surface area contributed by atoms with Crippen molar-refractivity contribution in [2.45, 2.75) is 62.3 Å². The lowest BCUT2D eigenvalue weighted by Gasteiger charge is -2.33. The van der Waals surface area contributed by atoms with Gasteiger partial charge in [0.15, 0.2) is 0 Å². The lowest BCUT2D eigenvalue weighted by molar-refractivity contribution is -0.359. The first-order valence-electron chi connectivity index (χ1n) is 8.10. The van der Waals surface area contributed by atoms with E-state index in [4.69, 9.17) is 4.74 Å². The van der Waals surface area contributed by atoms with Gasteiger partial charge in [-0.25, -0.2) is 9.59 Å². The smallest absolute Gasteiger partial charge is 0.511 e. The fourth-order valence-electron chi connectivity index (χ4n) is 2.31. The third-order valence-corrected chi connectivity index (χ3v) is 4.25. The quantitative estimate of drug-likeness (QED) is 0.245. The molecular weight excluding hydrogens is 423 g/mol. The topological polar surface area (TPSA) is 111 Å². The van der Waals surface area contributed by atoms with Crippen LogP contribution in [-0.2, 0) is 34.8 Å². The minimum atomic E-state index is -5.88. The van der Waals surface area contributed by atoms with Gasteiger partial charge in [0.2, 0.25) is 0 Å². The van der Waals surface area contributed by atoms with Gasteiger partial charge in [-0.15, -0.1) is 0 Å². The molecule has 0 heterocycles. The number of ether oxygens (including phenoxy) is 4. The highest BCUT2D eigenvalue weighted by molar-refractivity contribution is 7.80. The minimum absolute atomic E-state index is 0.335. The van der Waals surface area contributed by atoms with E-state index in [1.54, 1.807) is 0 Å². The summed E-state index contributed by atoms with van der Waals surface area (Å²) in [5.41, 5.74) is 0. The Morgan fingerprint density at radius 2 is 1.68 bits per heavy atom. The van der Waals surface area contributed by atoms with E-state index < -0.39 is 59.7 Å². The van der Waals surface area contributed by atoms with Gasteiger partial charge in [0, 0.05) is 11.1 Å². The van der Waals surface area contributed by atoms with Crippen molar-refractivity contribution in [1.29, 1.82) is 0 Å². The summed E-state index contributed by atoms with van der Waals surface area (Å²) >= 11 is -4.17. The Bertz CT molecular complexity index is 579. The molecule has 1 fully saturated rings. The Hall–Kier alpha value is -1.54. The Morgan fingerprint density at radius 3 is 2.14 bits per heavy atom. The molecule has 1 aliphatic rings. The van der Waals surface area contributed by atoms with E-state index in [0.29, 0.717) is 25.7 Å². The van der Waals surface area contributed by atoms with Gasteiger partial charge in [-0.3, -0.25) is 4.21 Å². The molecule has 0 N–H and O–H groups in total. The molecule has 164 valence electrons. The highest BCUT2D eigenvalue weighted by Gasteiger charge is 2.69. The second kappa shape index (κ2) is 9.78. The van der Waals surface area contributed by atoms with Crippen molar-refractivity contribution < 1.29 is 59.3 Å². The van der Waals surface area contributed by atoms with Gasteiger partial charge >= 0.3 is 29.3 Å². The van der Waals surface area contributed by atoms with E-state index >= 15 is 0 Å². The second-order valence-electron chi connectivity index (χ2n) is 5.73. The van der Waals surface area contributed by atoms with E-state index in [2.05, 4.69) is 14.2 Å². The summed E-state index contributed by atoms with van der Waals surface area (Å²) in [6.45, 7) is -1.98. The number of hydrogen-bond acceptors (Lipinski definition) is 8. The summed E-state index contributed by atoms with van der Waals surface area (Å²) in [6.07, 6.45) is -5.89. The summed E-state index contributed by atoms with van der Waals surface area (Å²) in [5, 5.41) is -4.81.